The van der Waals surface area contributed by atoms with Crippen molar-refractivity contribution in [1.82, 2.24) is 14.5 Å². The summed E-state index contributed by atoms with van der Waals surface area (Å²) in [7, 11) is 1.65. The molecule has 2 aromatic heterocycles. The number of rotatable bonds is 7. The van der Waals surface area contributed by atoms with Crippen LogP contribution < -0.4 is 10.3 Å². The first kappa shape index (κ1) is 18.5. The molecule has 0 bridgehead atoms. The Labute approximate surface area is 164 Å². The van der Waals surface area contributed by atoms with Crippen molar-refractivity contribution in [2.75, 3.05) is 20.3 Å². The molecular weight excluding hydrogens is 354 g/mol. The van der Waals surface area contributed by atoms with Crippen LogP contribution in [0.2, 0.25) is 0 Å². The first-order valence-electron chi connectivity index (χ1n) is 9.71. The van der Waals surface area contributed by atoms with Gasteiger partial charge in [0.05, 0.1) is 30.4 Å². The second-order valence-electron chi connectivity index (χ2n) is 7.15. The zero-order valence-corrected chi connectivity index (χ0v) is 16.1. The molecule has 0 amide bonds. The molecule has 1 unspecified atom stereocenters. The van der Waals surface area contributed by atoms with Crippen molar-refractivity contribution < 1.29 is 9.47 Å². The van der Waals surface area contributed by atoms with Crippen molar-refractivity contribution in [3.63, 3.8) is 0 Å². The molecule has 1 N–H and O–H groups in total. The fraction of sp³-hybridized carbons (Fsp3) is 0.364. The van der Waals surface area contributed by atoms with Crippen LogP contribution in [0.5, 0.6) is 5.75 Å². The van der Waals surface area contributed by atoms with Gasteiger partial charge in [-0.3, -0.25) is 4.79 Å². The average molecular weight is 379 g/mol. The fourth-order valence-electron chi connectivity index (χ4n) is 3.76. The minimum atomic E-state index is -0.108. The van der Waals surface area contributed by atoms with Crippen LogP contribution in [0.4, 0.5) is 0 Å². The number of nitrogens with one attached hydrogen (secondary N) is 1. The van der Waals surface area contributed by atoms with Gasteiger partial charge in [0.1, 0.15) is 5.75 Å². The zero-order valence-electron chi connectivity index (χ0n) is 16.1. The predicted octanol–water partition coefficient (Wildman–Crippen LogP) is 3.73. The summed E-state index contributed by atoms with van der Waals surface area (Å²) in [5, 5.41) is 0. The number of ether oxygens (including phenoxy) is 2. The molecule has 4 rings (SSSR count). The summed E-state index contributed by atoms with van der Waals surface area (Å²) in [5.74, 6) is 1.44. The highest BCUT2D eigenvalue weighted by Gasteiger charge is 2.19. The number of nitrogens with zero attached hydrogens (tertiary/aromatic N) is 2. The Balaban J connectivity index is 1.66. The topological polar surface area (TPSA) is 69.1 Å². The lowest BCUT2D eigenvalue weighted by atomic mass is 10.0. The van der Waals surface area contributed by atoms with Crippen LogP contribution in [0.3, 0.4) is 0 Å². The number of aromatic amines is 1. The lowest BCUT2D eigenvalue weighted by molar-refractivity contribution is 0.183. The van der Waals surface area contributed by atoms with Gasteiger partial charge < -0.3 is 19.0 Å². The molecule has 1 aliphatic rings. The number of imidazole rings is 1. The molecule has 1 atom stereocenters. The van der Waals surface area contributed by atoms with Crippen molar-refractivity contribution in [3.8, 4) is 28.3 Å². The fourth-order valence-corrected chi connectivity index (χ4v) is 3.76. The van der Waals surface area contributed by atoms with Crippen LogP contribution in [-0.4, -0.2) is 34.9 Å². The number of hydrogen-bond donors (Lipinski definition) is 1. The molecule has 28 heavy (non-hydrogen) atoms. The zero-order chi connectivity index (χ0) is 19.3. The number of H-pyrrole nitrogens is 1. The van der Waals surface area contributed by atoms with Gasteiger partial charge in [0, 0.05) is 31.5 Å². The molecular formula is C22H25N3O3. The van der Waals surface area contributed by atoms with Gasteiger partial charge in [0.25, 0.3) is 5.56 Å². The standard InChI is InChI=1S/C22H25N3O3/c1-27-18-8-6-17(7-9-18)20-21(19-5-2-11-23-22(19)26)25(15-24-20)12-3-4-16-10-13-28-14-16/h2,5-9,11,15-16H,3-4,10,12-14H2,1H3,(H,23,26). The summed E-state index contributed by atoms with van der Waals surface area (Å²) in [6.45, 7) is 2.57. The predicted molar refractivity (Wildman–Crippen MR) is 108 cm³/mol. The van der Waals surface area contributed by atoms with E-state index < -0.39 is 0 Å². The third-order valence-electron chi connectivity index (χ3n) is 5.31. The van der Waals surface area contributed by atoms with Crippen molar-refractivity contribution in [3.05, 3.63) is 59.3 Å². The van der Waals surface area contributed by atoms with Crippen molar-refractivity contribution in [2.24, 2.45) is 5.92 Å². The largest absolute Gasteiger partial charge is 0.497 e. The van der Waals surface area contributed by atoms with Gasteiger partial charge in [0.2, 0.25) is 0 Å². The number of hydrogen-bond acceptors (Lipinski definition) is 4. The summed E-state index contributed by atoms with van der Waals surface area (Å²) in [6.07, 6.45) is 6.79. The Bertz CT molecular complexity index is 969. The SMILES string of the molecule is COc1ccc(-c2ncn(CCCC3CCOC3)c2-c2ccc[nH]c2=O)cc1. The smallest absolute Gasteiger partial charge is 0.257 e. The Morgan fingerprint density at radius 2 is 2.14 bits per heavy atom. The molecule has 3 heterocycles. The number of methoxy groups -OCH3 is 1. The maximum absolute atomic E-state index is 12.5. The molecule has 1 saturated heterocycles. The first-order chi connectivity index (χ1) is 13.8. The number of benzene rings is 1. The lowest BCUT2D eigenvalue weighted by Gasteiger charge is -2.12. The van der Waals surface area contributed by atoms with Gasteiger partial charge in [-0.1, -0.05) is 0 Å². The van der Waals surface area contributed by atoms with Crippen LogP contribution in [0, 0.1) is 5.92 Å². The summed E-state index contributed by atoms with van der Waals surface area (Å²) in [5.41, 5.74) is 3.15. The molecule has 1 aromatic carbocycles. The number of aryl methyl sites for hydroxylation is 1. The van der Waals surface area contributed by atoms with E-state index in [0.717, 1.165) is 61.7 Å². The van der Waals surface area contributed by atoms with Crippen LogP contribution in [0.15, 0.2) is 53.7 Å². The quantitative estimate of drug-likeness (QED) is 0.679. The molecule has 6 nitrogen and oxygen atoms in total. The highest BCUT2D eigenvalue weighted by atomic mass is 16.5. The molecule has 1 aliphatic heterocycles. The molecule has 1 fully saturated rings. The molecule has 3 aromatic rings. The van der Waals surface area contributed by atoms with E-state index in [-0.39, 0.29) is 5.56 Å². The van der Waals surface area contributed by atoms with E-state index in [1.807, 2.05) is 42.7 Å². The molecule has 0 aliphatic carbocycles. The maximum Gasteiger partial charge on any atom is 0.257 e. The van der Waals surface area contributed by atoms with Gasteiger partial charge >= 0.3 is 0 Å². The molecule has 0 radical (unpaired) electrons. The monoisotopic (exact) mass is 379 g/mol. The van der Waals surface area contributed by atoms with Crippen LogP contribution >= 0.6 is 0 Å². The minimum absolute atomic E-state index is 0.108. The average Bonchev–Trinajstić information content (AvgIpc) is 3.39. The van der Waals surface area contributed by atoms with Crippen molar-refractivity contribution in [1.29, 1.82) is 0 Å². The Hall–Kier alpha value is -2.86. The van der Waals surface area contributed by atoms with E-state index in [2.05, 4.69) is 14.5 Å². The highest BCUT2D eigenvalue weighted by molar-refractivity contribution is 5.78. The van der Waals surface area contributed by atoms with E-state index in [1.54, 1.807) is 13.3 Å². The number of pyridine rings is 1. The summed E-state index contributed by atoms with van der Waals surface area (Å²) in [6, 6.07) is 11.5. The Morgan fingerprint density at radius 3 is 2.86 bits per heavy atom. The number of aromatic nitrogens is 3. The van der Waals surface area contributed by atoms with E-state index >= 15 is 0 Å². The third-order valence-corrected chi connectivity index (χ3v) is 5.31. The second kappa shape index (κ2) is 8.44. The molecule has 146 valence electrons. The Kier molecular flexibility index (Phi) is 5.58. The molecule has 0 spiro atoms. The van der Waals surface area contributed by atoms with Crippen molar-refractivity contribution in [2.45, 2.75) is 25.8 Å². The van der Waals surface area contributed by atoms with Crippen LogP contribution in [0.1, 0.15) is 19.3 Å². The second-order valence-corrected chi connectivity index (χ2v) is 7.15. The van der Waals surface area contributed by atoms with Crippen LogP contribution in [-0.2, 0) is 11.3 Å². The lowest BCUT2D eigenvalue weighted by Crippen LogP contribution is -2.11. The molecule has 0 saturated carbocycles. The van der Waals surface area contributed by atoms with E-state index in [0.29, 0.717) is 11.5 Å². The summed E-state index contributed by atoms with van der Waals surface area (Å²) < 4.78 is 12.8. The van der Waals surface area contributed by atoms with Gasteiger partial charge in [-0.15, -0.1) is 0 Å². The third kappa shape index (κ3) is 3.87. The summed E-state index contributed by atoms with van der Waals surface area (Å²) in [4.78, 5) is 19.9. The van der Waals surface area contributed by atoms with Crippen molar-refractivity contribution >= 4 is 0 Å². The van der Waals surface area contributed by atoms with Gasteiger partial charge in [-0.25, -0.2) is 4.98 Å². The van der Waals surface area contributed by atoms with E-state index in [4.69, 9.17) is 9.47 Å². The van der Waals surface area contributed by atoms with Crippen LogP contribution in [0.25, 0.3) is 22.5 Å². The van der Waals surface area contributed by atoms with Gasteiger partial charge in [-0.05, 0) is 61.6 Å². The Morgan fingerprint density at radius 1 is 1.29 bits per heavy atom. The minimum Gasteiger partial charge on any atom is -0.497 e. The highest BCUT2D eigenvalue weighted by Crippen LogP contribution is 2.31. The van der Waals surface area contributed by atoms with E-state index in [9.17, 15) is 4.79 Å². The first-order valence-corrected chi connectivity index (χ1v) is 9.71. The van der Waals surface area contributed by atoms with Gasteiger partial charge in [0.15, 0.2) is 0 Å². The normalized spacial score (nSPS) is 16.4. The summed E-state index contributed by atoms with van der Waals surface area (Å²) >= 11 is 0. The van der Waals surface area contributed by atoms with E-state index in [1.165, 1.54) is 0 Å². The molecule has 6 heteroatoms. The maximum atomic E-state index is 12.5. The van der Waals surface area contributed by atoms with Gasteiger partial charge in [-0.2, -0.15) is 0 Å².